The van der Waals surface area contributed by atoms with Gasteiger partial charge in [0.15, 0.2) is 5.82 Å². The summed E-state index contributed by atoms with van der Waals surface area (Å²) in [4.78, 5) is 2.29. The van der Waals surface area contributed by atoms with E-state index in [4.69, 9.17) is 0 Å². The molecule has 1 saturated heterocycles. The molecule has 4 nitrogen and oxygen atoms in total. The fourth-order valence-electron chi connectivity index (χ4n) is 2.88. The van der Waals surface area contributed by atoms with Crippen LogP contribution in [0.25, 0.3) is 5.69 Å². The summed E-state index contributed by atoms with van der Waals surface area (Å²) in [6.45, 7) is 2.81. The molecule has 0 amide bonds. The largest absolute Gasteiger partial charge is 0.317 e. The second-order valence-electron chi connectivity index (χ2n) is 5.74. The molecule has 1 aromatic heterocycles. The van der Waals surface area contributed by atoms with Crippen LogP contribution in [0.3, 0.4) is 0 Å². The molecule has 22 heavy (non-hydrogen) atoms. The van der Waals surface area contributed by atoms with Crippen LogP contribution in [0.2, 0.25) is 0 Å². The van der Waals surface area contributed by atoms with Gasteiger partial charge in [-0.2, -0.15) is 5.10 Å². The molecule has 0 atom stereocenters. The van der Waals surface area contributed by atoms with Gasteiger partial charge in [0, 0.05) is 24.8 Å². The standard InChI is InChI=1S/C16H20F2N4/c1-21(14-4-7-19-8-5-14)11-13-6-9-22(20-13)16-3-2-12(17)10-15(16)18/h2-3,6,9-10,14,19H,4-5,7-8,11H2,1H3. The lowest BCUT2D eigenvalue weighted by molar-refractivity contribution is 0.189. The molecular weight excluding hydrogens is 286 g/mol. The van der Waals surface area contributed by atoms with E-state index < -0.39 is 11.6 Å². The monoisotopic (exact) mass is 306 g/mol. The summed E-state index contributed by atoms with van der Waals surface area (Å²) >= 11 is 0. The summed E-state index contributed by atoms with van der Waals surface area (Å²) in [5.74, 6) is -1.19. The summed E-state index contributed by atoms with van der Waals surface area (Å²) in [6, 6.07) is 5.94. The number of benzene rings is 1. The summed E-state index contributed by atoms with van der Waals surface area (Å²) in [6.07, 6.45) is 3.97. The Morgan fingerprint density at radius 3 is 2.77 bits per heavy atom. The van der Waals surface area contributed by atoms with Gasteiger partial charge in [-0.25, -0.2) is 13.5 Å². The lowest BCUT2D eigenvalue weighted by Crippen LogP contribution is -2.40. The van der Waals surface area contributed by atoms with E-state index in [1.165, 1.54) is 16.8 Å². The number of rotatable bonds is 4. The average molecular weight is 306 g/mol. The molecule has 118 valence electrons. The van der Waals surface area contributed by atoms with Crippen molar-refractivity contribution in [3.8, 4) is 5.69 Å². The van der Waals surface area contributed by atoms with Gasteiger partial charge in [-0.1, -0.05) is 0 Å². The minimum atomic E-state index is -0.610. The third-order valence-electron chi connectivity index (χ3n) is 4.14. The third-order valence-corrected chi connectivity index (χ3v) is 4.14. The van der Waals surface area contributed by atoms with Crippen molar-refractivity contribution in [3.05, 3.63) is 47.8 Å². The van der Waals surface area contributed by atoms with Crippen molar-refractivity contribution in [2.24, 2.45) is 0 Å². The van der Waals surface area contributed by atoms with Crippen LogP contribution in [-0.2, 0) is 6.54 Å². The molecule has 2 heterocycles. The van der Waals surface area contributed by atoms with Crippen LogP contribution in [-0.4, -0.2) is 40.9 Å². The van der Waals surface area contributed by atoms with E-state index in [0.29, 0.717) is 6.04 Å². The zero-order chi connectivity index (χ0) is 15.5. The molecule has 0 spiro atoms. The van der Waals surface area contributed by atoms with Gasteiger partial charge in [-0.3, -0.25) is 4.90 Å². The fraction of sp³-hybridized carbons (Fsp3) is 0.438. The average Bonchev–Trinajstić information content (AvgIpc) is 2.96. The van der Waals surface area contributed by atoms with Crippen LogP contribution < -0.4 is 5.32 Å². The first kappa shape index (κ1) is 15.1. The van der Waals surface area contributed by atoms with E-state index in [1.54, 1.807) is 6.20 Å². The Morgan fingerprint density at radius 2 is 2.05 bits per heavy atom. The lowest BCUT2D eigenvalue weighted by atomic mass is 10.1. The Kier molecular flexibility index (Phi) is 4.49. The van der Waals surface area contributed by atoms with Crippen LogP contribution in [0.4, 0.5) is 8.78 Å². The highest BCUT2D eigenvalue weighted by molar-refractivity contribution is 5.33. The maximum absolute atomic E-state index is 13.8. The van der Waals surface area contributed by atoms with Gasteiger partial charge in [-0.05, 0) is 51.2 Å². The van der Waals surface area contributed by atoms with Crippen LogP contribution in [0, 0.1) is 11.6 Å². The maximum Gasteiger partial charge on any atom is 0.151 e. The first-order valence-corrected chi connectivity index (χ1v) is 7.54. The molecular formula is C16H20F2N4. The lowest BCUT2D eigenvalue weighted by Gasteiger charge is -2.31. The Labute approximate surface area is 128 Å². The molecule has 6 heteroatoms. The molecule has 0 radical (unpaired) electrons. The number of nitrogens with one attached hydrogen (secondary N) is 1. The summed E-state index contributed by atoms with van der Waals surface area (Å²) in [5.41, 5.74) is 1.14. The predicted octanol–water partition coefficient (Wildman–Crippen LogP) is 2.33. The van der Waals surface area contributed by atoms with Crippen LogP contribution >= 0.6 is 0 Å². The van der Waals surface area contributed by atoms with Gasteiger partial charge < -0.3 is 5.32 Å². The second-order valence-corrected chi connectivity index (χ2v) is 5.74. The molecule has 1 aliphatic heterocycles. The van der Waals surface area contributed by atoms with E-state index in [2.05, 4.69) is 22.4 Å². The second kappa shape index (κ2) is 6.54. The quantitative estimate of drug-likeness (QED) is 0.941. The van der Waals surface area contributed by atoms with Crippen molar-refractivity contribution in [1.82, 2.24) is 20.0 Å². The molecule has 1 aliphatic rings. The van der Waals surface area contributed by atoms with Crippen molar-refractivity contribution in [2.75, 3.05) is 20.1 Å². The number of hydrogen-bond acceptors (Lipinski definition) is 3. The molecule has 1 N–H and O–H groups in total. The summed E-state index contributed by atoms with van der Waals surface area (Å²) < 4.78 is 28.2. The Morgan fingerprint density at radius 1 is 1.27 bits per heavy atom. The number of nitrogens with zero attached hydrogens (tertiary/aromatic N) is 3. The van der Waals surface area contributed by atoms with E-state index in [-0.39, 0.29) is 5.69 Å². The highest BCUT2D eigenvalue weighted by atomic mass is 19.1. The third kappa shape index (κ3) is 3.34. The summed E-state index contributed by atoms with van der Waals surface area (Å²) in [7, 11) is 2.09. The zero-order valence-electron chi connectivity index (χ0n) is 12.6. The Bertz CT molecular complexity index is 635. The molecule has 0 aliphatic carbocycles. The predicted molar refractivity (Wildman–Crippen MR) is 80.8 cm³/mol. The SMILES string of the molecule is CN(Cc1ccn(-c2ccc(F)cc2F)n1)C1CCNCC1. The number of piperidine rings is 1. The van der Waals surface area contributed by atoms with Gasteiger partial charge in [0.05, 0.1) is 5.69 Å². The first-order chi connectivity index (χ1) is 10.6. The molecule has 0 bridgehead atoms. The van der Waals surface area contributed by atoms with Gasteiger partial charge >= 0.3 is 0 Å². The fourth-order valence-corrected chi connectivity index (χ4v) is 2.88. The Balaban J connectivity index is 1.70. The minimum absolute atomic E-state index is 0.261. The molecule has 0 unspecified atom stereocenters. The number of hydrogen-bond donors (Lipinski definition) is 1. The van der Waals surface area contributed by atoms with Crippen molar-refractivity contribution in [1.29, 1.82) is 0 Å². The van der Waals surface area contributed by atoms with Crippen molar-refractivity contribution >= 4 is 0 Å². The summed E-state index contributed by atoms with van der Waals surface area (Å²) in [5, 5.41) is 7.75. The van der Waals surface area contributed by atoms with Gasteiger partial charge in [0.2, 0.25) is 0 Å². The highest BCUT2D eigenvalue weighted by Gasteiger charge is 2.18. The first-order valence-electron chi connectivity index (χ1n) is 7.54. The smallest absolute Gasteiger partial charge is 0.151 e. The van der Waals surface area contributed by atoms with Crippen LogP contribution in [0.5, 0.6) is 0 Å². The minimum Gasteiger partial charge on any atom is -0.317 e. The van der Waals surface area contributed by atoms with E-state index in [9.17, 15) is 8.78 Å². The molecule has 2 aromatic rings. The van der Waals surface area contributed by atoms with Gasteiger partial charge in [0.25, 0.3) is 0 Å². The number of aromatic nitrogens is 2. The van der Waals surface area contributed by atoms with Gasteiger partial charge in [-0.15, -0.1) is 0 Å². The van der Waals surface area contributed by atoms with E-state index >= 15 is 0 Å². The molecule has 1 fully saturated rings. The van der Waals surface area contributed by atoms with Gasteiger partial charge in [0.1, 0.15) is 11.5 Å². The Hall–Kier alpha value is -1.79. The topological polar surface area (TPSA) is 33.1 Å². The van der Waals surface area contributed by atoms with Crippen LogP contribution in [0.15, 0.2) is 30.5 Å². The van der Waals surface area contributed by atoms with Crippen LogP contribution in [0.1, 0.15) is 18.5 Å². The normalized spacial score (nSPS) is 16.4. The number of halogens is 2. The van der Waals surface area contributed by atoms with Crippen molar-refractivity contribution in [3.63, 3.8) is 0 Å². The van der Waals surface area contributed by atoms with Crippen molar-refractivity contribution in [2.45, 2.75) is 25.4 Å². The zero-order valence-corrected chi connectivity index (χ0v) is 12.6. The maximum atomic E-state index is 13.8. The van der Waals surface area contributed by atoms with E-state index in [1.807, 2.05) is 6.07 Å². The van der Waals surface area contributed by atoms with E-state index in [0.717, 1.165) is 44.2 Å². The van der Waals surface area contributed by atoms with Crippen molar-refractivity contribution < 1.29 is 8.78 Å². The molecule has 1 aromatic carbocycles. The highest BCUT2D eigenvalue weighted by Crippen LogP contribution is 2.16. The molecule has 3 rings (SSSR count). The molecule has 0 saturated carbocycles.